The van der Waals surface area contributed by atoms with E-state index in [1.54, 1.807) is 0 Å². The fraction of sp³-hybridized carbons (Fsp3) is 1.00. The molecule has 0 aliphatic rings. The van der Waals surface area contributed by atoms with Crippen LogP contribution in [0.25, 0.3) is 0 Å². The molecule has 1 nitrogen and oxygen atoms in total. The molecule has 0 aliphatic heterocycles. The van der Waals surface area contributed by atoms with E-state index in [9.17, 15) is 0 Å². The molecule has 0 saturated heterocycles. The molecule has 0 fully saturated rings. The third-order valence-corrected chi connectivity index (χ3v) is 3.86. The van der Waals surface area contributed by atoms with E-state index in [1.807, 2.05) is 0 Å². The molecular weight excluding hydrogens is 182 g/mol. The lowest BCUT2D eigenvalue weighted by atomic mass is 9.82. The van der Waals surface area contributed by atoms with Crippen molar-refractivity contribution in [2.45, 2.75) is 72.8 Å². The Hall–Kier alpha value is -0.0400. The smallest absolute Gasteiger partial charge is 0.00358 e. The third-order valence-electron chi connectivity index (χ3n) is 3.86. The van der Waals surface area contributed by atoms with Crippen molar-refractivity contribution < 1.29 is 0 Å². The predicted molar refractivity (Wildman–Crippen MR) is 70.2 cm³/mol. The molecule has 0 amide bonds. The summed E-state index contributed by atoms with van der Waals surface area (Å²) < 4.78 is 0. The maximum absolute atomic E-state index is 3.30. The molecule has 0 heterocycles. The van der Waals surface area contributed by atoms with E-state index in [0.29, 0.717) is 11.5 Å². The number of nitrogens with one attached hydrogen (secondary N) is 1. The quantitative estimate of drug-likeness (QED) is 0.636. The maximum Gasteiger partial charge on any atom is 0.00358 e. The summed E-state index contributed by atoms with van der Waals surface area (Å²) in [6.07, 6.45) is 6.73. The van der Waals surface area contributed by atoms with Crippen molar-refractivity contribution in [3.63, 3.8) is 0 Å². The van der Waals surface area contributed by atoms with Crippen LogP contribution >= 0.6 is 0 Å². The van der Waals surface area contributed by atoms with Gasteiger partial charge in [0.15, 0.2) is 0 Å². The third kappa shape index (κ3) is 7.84. The molecule has 0 spiro atoms. The SMILES string of the molecule is CCC(C)(C)CCC(C)CCC(C)NC. The maximum atomic E-state index is 3.30. The first-order chi connectivity index (χ1) is 6.91. The first-order valence-corrected chi connectivity index (χ1v) is 6.58. The molecule has 0 aliphatic carbocycles. The molecule has 0 saturated carbocycles. The van der Waals surface area contributed by atoms with Crippen molar-refractivity contribution in [1.82, 2.24) is 5.32 Å². The Morgan fingerprint density at radius 1 is 1.07 bits per heavy atom. The molecule has 0 rings (SSSR count). The van der Waals surface area contributed by atoms with Gasteiger partial charge in [0.1, 0.15) is 0 Å². The summed E-state index contributed by atoms with van der Waals surface area (Å²) in [5, 5.41) is 3.30. The van der Waals surface area contributed by atoms with Crippen LogP contribution in [0.2, 0.25) is 0 Å². The number of hydrogen-bond donors (Lipinski definition) is 1. The van der Waals surface area contributed by atoms with Crippen LogP contribution in [-0.2, 0) is 0 Å². The minimum Gasteiger partial charge on any atom is -0.317 e. The summed E-state index contributed by atoms with van der Waals surface area (Å²) in [5.74, 6) is 0.881. The lowest BCUT2D eigenvalue weighted by Gasteiger charge is -2.24. The predicted octanol–water partition coefficient (Wildman–Crippen LogP) is 4.23. The Bertz CT molecular complexity index is 151. The molecule has 0 aromatic heterocycles. The molecule has 1 N–H and O–H groups in total. The van der Waals surface area contributed by atoms with Crippen molar-refractivity contribution in [3.8, 4) is 0 Å². The zero-order chi connectivity index (χ0) is 11.9. The summed E-state index contributed by atoms with van der Waals surface area (Å²) in [6.45, 7) is 11.7. The Balaban J connectivity index is 3.61. The first kappa shape index (κ1) is 15.0. The van der Waals surface area contributed by atoms with Crippen molar-refractivity contribution in [3.05, 3.63) is 0 Å². The van der Waals surface area contributed by atoms with Gasteiger partial charge >= 0.3 is 0 Å². The van der Waals surface area contributed by atoms with Crippen LogP contribution in [0.15, 0.2) is 0 Å². The average molecular weight is 213 g/mol. The fourth-order valence-corrected chi connectivity index (χ4v) is 1.64. The highest BCUT2D eigenvalue weighted by Gasteiger charge is 2.16. The molecule has 2 unspecified atom stereocenters. The Kier molecular flexibility index (Phi) is 7.25. The Morgan fingerprint density at radius 3 is 2.13 bits per heavy atom. The second-order valence-electron chi connectivity index (χ2n) is 5.93. The summed E-state index contributed by atoms with van der Waals surface area (Å²) in [6, 6.07) is 0.673. The van der Waals surface area contributed by atoms with Gasteiger partial charge in [-0.05, 0) is 44.6 Å². The minimum atomic E-state index is 0.545. The molecule has 2 atom stereocenters. The van der Waals surface area contributed by atoms with E-state index in [1.165, 1.54) is 32.1 Å². The fourth-order valence-electron chi connectivity index (χ4n) is 1.64. The summed E-state index contributed by atoms with van der Waals surface area (Å²) >= 11 is 0. The highest BCUT2D eigenvalue weighted by molar-refractivity contribution is 4.69. The molecule has 15 heavy (non-hydrogen) atoms. The topological polar surface area (TPSA) is 12.0 Å². The van der Waals surface area contributed by atoms with Crippen LogP contribution < -0.4 is 5.32 Å². The van der Waals surface area contributed by atoms with E-state index in [2.05, 4.69) is 47.0 Å². The molecule has 1 heteroatoms. The Labute approximate surface area is 97.0 Å². The van der Waals surface area contributed by atoms with Crippen LogP contribution in [0.3, 0.4) is 0 Å². The monoisotopic (exact) mass is 213 g/mol. The van der Waals surface area contributed by atoms with Gasteiger partial charge in [-0.1, -0.05) is 40.5 Å². The van der Waals surface area contributed by atoms with Crippen molar-refractivity contribution >= 4 is 0 Å². The van der Waals surface area contributed by atoms with Crippen LogP contribution in [0.4, 0.5) is 0 Å². The van der Waals surface area contributed by atoms with Gasteiger partial charge in [-0.3, -0.25) is 0 Å². The molecule has 92 valence electrons. The second-order valence-corrected chi connectivity index (χ2v) is 5.93. The zero-order valence-corrected chi connectivity index (χ0v) is 11.7. The molecule has 0 aromatic carbocycles. The van der Waals surface area contributed by atoms with Gasteiger partial charge in [0.25, 0.3) is 0 Å². The van der Waals surface area contributed by atoms with Crippen LogP contribution in [-0.4, -0.2) is 13.1 Å². The second kappa shape index (κ2) is 7.27. The lowest BCUT2D eigenvalue weighted by Crippen LogP contribution is -2.21. The van der Waals surface area contributed by atoms with Gasteiger partial charge < -0.3 is 5.32 Å². The molecule has 0 radical (unpaired) electrons. The van der Waals surface area contributed by atoms with Gasteiger partial charge in [-0.15, -0.1) is 0 Å². The molecule has 0 aromatic rings. The molecule has 0 bridgehead atoms. The number of rotatable bonds is 8. The van der Waals surface area contributed by atoms with Gasteiger partial charge in [0.2, 0.25) is 0 Å². The van der Waals surface area contributed by atoms with Gasteiger partial charge in [-0.25, -0.2) is 0 Å². The normalized spacial score (nSPS) is 16.4. The highest BCUT2D eigenvalue weighted by atomic mass is 14.8. The van der Waals surface area contributed by atoms with Crippen molar-refractivity contribution in [1.29, 1.82) is 0 Å². The van der Waals surface area contributed by atoms with Crippen LogP contribution in [0.1, 0.15) is 66.7 Å². The lowest BCUT2D eigenvalue weighted by molar-refractivity contribution is 0.279. The summed E-state index contributed by atoms with van der Waals surface area (Å²) in [5.41, 5.74) is 0.545. The van der Waals surface area contributed by atoms with E-state index in [-0.39, 0.29) is 0 Å². The minimum absolute atomic E-state index is 0.545. The van der Waals surface area contributed by atoms with Gasteiger partial charge in [0.05, 0.1) is 0 Å². The molecular formula is C14H31N. The van der Waals surface area contributed by atoms with Gasteiger partial charge in [0, 0.05) is 6.04 Å². The van der Waals surface area contributed by atoms with E-state index in [4.69, 9.17) is 0 Å². The highest BCUT2D eigenvalue weighted by Crippen LogP contribution is 2.29. The average Bonchev–Trinajstić information content (AvgIpc) is 2.23. The van der Waals surface area contributed by atoms with Crippen LogP contribution in [0, 0.1) is 11.3 Å². The van der Waals surface area contributed by atoms with Crippen LogP contribution in [0.5, 0.6) is 0 Å². The standard InChI is InChI=1S/C14H31N/c1-7-14(4,5)11-10-12(2)8-9-13(3)15-6/h12-13,15H,7-11H2,1-6H3. The van der Waals surface area contributed by atoms with Crippen molar-refractivity contribution in [2.75, 3.05) is 7.05 Å². The zero-order valence-electron chi connectivity index (χ0n) is 11.7. The van der Waals surface area contributed by atoms with Crippen molar-refractivity contribution in [2.24, 2.45) is 11.3 Å². The largest absolute Gasteiger partial charge is 0.317 e. The first-order valence-electron chi connectivity index (χ1n) is 6.58. The summed E-state index contributed by atoms with van der Waals surface area (Å²) in [4.78, 5) is 0. The van der Waals surface area contributed by atoms with Gasteiger partial charge in [-0.2, -0.15) is 0 Å². The van der Waals surface area contributed by atoms with E-state index < -0.39 is 0 Å². The number of hydrogen-bond acceptors (Lipinski definition) is 1. The Morgan fingerprint density at radius 2 is 1.67 bits per heavy atom. The van der Waals surface area contributed by atoms with E-state index in [0.717, 1.165) is 5.92 Å². The van der Waals surface area contributed by atoms with E-state index >= 15 is 0 Å². The summed E-state index contributed by atoms with van der Waals surface area (Å²) in [7, 11) is 2.05.